The van der Waals surface area contributed by atoms with E-state index in [0.717, 1.165) is 4.90 Å². The normalized spacial score (nSPS) is 25.4. The van der Waals surface area contributed by atoms with Crippen molar-refractivity contribution in [2.45, 2.75) is 12.5 Å². The van der Waals surface area contributed by atoms with Crippen LogP contribution in [0.25, 0.3) is 0 Å². The minimum atomic E-state index is -3.17. The predicted octanol–water partition coefficient (Wildman–Crippen LogP) is -0.988. The molecule has 2 saturated heterocycles. The number of morpholine rings is 1. The summed E-state index contributed by atoms with van der Waals surface area (Å²) in [5, 5.41) is 8.94. The summed E-state index contributed by atoms with van der Waals surface area (Å²) < 4.78 is 28.2. The maximum absolute atomic E-state index is 12.4. The van der Waals surface area contributed by atoms with Crippen molar-refractivity contribution in [3.05, 3.63) is 0 Å². The van der Waals surface area contributed by atoms with Crippen LogP contribution in [0.3, 0.4) is 0 Å². The van der Waals surface area contributed by atoms with E-state index in [2.05, 4.69) is 0 Å². The second kappa shape index (κ2) is 5.96. The first kappa shape index (κ1) is 15.0. The van der Waals surface area contributed by atoms with E-state index < -0.39 is 34.4 Å². The summed E-state index contributed by atoms with van der Waals surface area (Å²) >= 11 is 0. The number of rotatable bonds is 3. The van der Waals surface area contributed by atoms with Gasteiger partial charge in [-0.1, -0.05) is 0 Å². The smallest absolute Gasteiger partial charge is 0.323 e. The van der Waals surface area contributed by atoms with E-state index in [9.17, 15) is 18.0 Å². The Balaban J connectivity index is 2.10. The van der Waals surface area contributed by atoms with Gasteiger partial charge in [-0.2, -0.15) is 0 Å². The number of amides is 2. The van der Waals surface area contributed by atoms with Crippen molar-refractivity contribution in [2.75, 3.05) is 44.4 Å². The summed E-state index contributed by atoms with van der Waals surface area (Å²) in [5.74, 6) is -1.29. The lowest BCUT2D eigenvalue weighted by Gasteiger charge is -2.34. The largest absolute Gasteiger partial charge is 0.480 e. The molecule has 0 spiro atoms. The topological polar surface area (TPSA) is 104 Å². The van der Waals surface area contributed by atoms with Gasteiger partial charge in [0.1, 0.15) is 6.54 Å². The molecule has 1 unspecified atom stereocenters. The molecule has 2 heterocycles. The first-order valence-corrected chi connectivity index (χ1v) is 8.27. The first-order chi connectivity index (χ1) is 9.39. The van der Waals surface area contributed by atoms with Crippen LogP contribution < -0.4 is 0 Å². The standard InChI is InChI=1S/C11H18N2O6S/c14-10(15)7-13(9-1-6-20(17,18)8-9)11(16)12-2-4-19-5-3-12/h9H,1-8H2,(H,14,15). The molecule has 8 nitrogen and oxygen atoms in total. The molecule has 2 aliphatic heterocycles. The molecule has 0 aromatic rings. The van der Waals surface area contributed by atoms with E-state index in [1.54, 1.807) is 0 Å². The number of carboxylic acids is 1. The summed E-state index contributed by atoms with van der Waals surface area (Å²) in [6.45, 7) is 1.14. The Labute approximate surface area is 117 Å². The predicted molar refractivity (Wildman–Crippen MR) is 69.2 cm³/mol. The third-order valence-electron chi connectivity index (χ3n) is 3.48. The number of carbonyl (C=O) groups excluding carboxylic acids is 1. The fraction of sp³-hybridized carbons (Fsp3) is 0.818. The van der Waals surface area contributed by atoms with E-state index in [1.807, 2.05) is 0 Å². The number of hydrogen-bond donors (Lipinski definition) is 1. The van der Waals surface area contributed by atoms with Gasteiger partial charge in [0.05, 0.1) is 24.7 Å². The minimum Gasteiger partial charge on any atom is -0.480 e. The Bertz CT molecular complexity index is 485. The van der Waals surface area contributed by atoms with Crippen LogP contribution in [0.15, 0.2) is 0 Å². The molecule has 0 aliphatic carbocycles. The molecule has 0 saturated carbocycles. The lowest BCUT2D eigenvalue weighted by molar-refractivity contribution is -0.138. The fourth-order valence-electron chi connectivity index (χ4n) is 2.46. The van der Waals surface area contributed by atoms with E-state index >= 15 is 0 Å². The SMILES string of the molecule is O=C(O)CN(C(=O)N1CCOCC1)C1CCS(=O)(=O)C1. The van der Waals surface area contributed by atoms with E-state index in [4.69, 9.17) is 9.84 Å². The zero-order valence-electron chi connectivity index (χ0n) is 11.0. The lowest BCUT2D eigenvalue weighted by Crippen LogP contribution is -2.53. The molecule has 2 amide bonds. The zero-order chi connectivity index (χ0) is 14.8. The number of sulfone groups is 1. The van der Waals surface area contributed by atoms with Gasteiger partial charge in [-0.25, -0.2) is 13.2 Å². The average Bonchev–Trinajstić information content (AvgIpc) is 2.76. The van der Waals surface area contributed by atoms with E-state index in [-0.39, 0.29) is 11.5 Å². The summed E-state index contributed by atoms with van der Waals surface area (Å²) in [5.41, 5.74) is 0. The second-order valence-electron chi connectivity index (χ2n) is 4.96. The van der Waals surface area contributed by atoms with Crippen molar-refractivity contribution in [1.82, 2.24) is 9.80 Å². The molecule has 20 heavy (non-hydrogen) atoms. The Morgan fingerprint density at radius 2 is 1.95 bits per heavy atom. The van der Waals surface area contributed by atoms with Crippen molar-refractivity contribution in [2.24, 2.45) is 0 Å². The van der Waals surface area contributed by atoms with Crippen LogP contribution in [0, 0.1) is 0 Å². The van der Waals surface area contributed by atoms with Gasteiger partial charge in [-0.15, -0.1) is 0 Å². The van der Waals surface area contributed by atoms with Gasteiger partial charge in [0.2, 0.25) is 0 Å². The fourth-order valence-corrected chi connectivity index (χ4v) is 4.19. The highest BCUT2D eigenvalue weighted by atomic mass is 32.2. The molecule has 0 bridgehead atoms. The molecule has 0 aromatic heterocycles. The maximum Gasteiger partial charge on any atom is 0.323 e. The molecule has 114 valence electrons. The second-order valence-corrected chi connectivity index (χ2v) is 7.19. The zero-order valence-corrected chi connectivity index (χ0v) is 11.8. The van der Waals surface area contributed by atoms with Gasteiger partial charge in [0, 0.05) is 19.1 Å². The molecule has 1 atom stereocenters. The van der Waals surface area contributed by atoms with Crippen LogP contribution in [0.4, 0.5) is 4.79 Å². The van der Waals surface area contributed by atoms with Crippen LogP contribution >= 0.6 is 0 Å². The minimum absolute atomic E-state index is 0.00414. The van der Waals surface area contributed by atoms with Crippen LogP contribution in [0.1, 0.15) is 6.42 Å². The number of carboxylic acid groups (broad SMARTS) is 1. The quantitative estimate of drug-likeness (QED) is 0.718. The number of carbonyl (C=O) groups is 2. The molecular weight excluding hydrogens is 288 g/mol. The molecule has 9 heteroatoms. The molecule has 0 aromatic carbocycles. The summed E-state index contributed by atoms with van der Waals surface area (Å²) in [7, 11) is -3.17. The molecule has 2 aliphatic rings. The number of ether oxygens (including phenoxy) is 1. The van der Waals surface area contributed by atoms with Crippen molar-refractivity contribution in [1.29, 1.82) is 0 Å². The highest BCUT2D eigenvalue weighted by molar-refractivity contribution is 7.91. The van der Waals surface area contributed by atoms with Crippen molar-refractivity contribution < 1.29 is 27.9 Å². The average molecular weight is 306 g/mol. The molecule has 1 N–H and O–H groups in total. The number of aliphatic carboxylic acids is 1. The highest BCUT2D eigenvalue weighted by Crippen LogP contribution is 2.19. The Kier molecular flexibility index (Phi) is 4.48. The van der Waals surface area contributed by atoms with Gasteiger partial charge in [-0.05, 0) is 6.42 Å². The number of hydrogen-bond acceptors (Lipinski definition) is 5. The van der Waals surface area contributed by atoms with E-state index in [1.165, 1.54) is 4.90 Å². The third kappa shape index (κ3) is 3.60. The van der Waals surface area contributed by atoms with Crippen molar-refractivity contribution in [3.63, 3.8) is 0 Å². The van der Waals surface area contributed by atoms with Gasteiger partial charge < -0.3 is 19.6 Å². The summed E-state index contributed by atoms with van der Waals surface area (Å²) in [6.07, 6.45) is 0.297. The van der Waals surface area contributed by atoms with Gasteiger partial charge >= 0.3 is 12.0 Å². The lowest BCUT2D eigenvalue weighted by atomic mass is 10.2. The van der Waals surface area contributed by atoms with Crippen molar-refractivity contribution in [3.8, 4) is 0 Å². The van der Waals surface area contributed by atoms with Crippen LogP contribution in [-0.4, -0.2) is 85.7 Å². The van der Waals surface area contributed by atoms with Crippen LogP contribution in [-0.2, 0) is 19.4 Å². The molecule has 0 radical (unpaired) electrons. The van der Waals surface area contributed by atoms with Gasteiger partial charge in [0.25, 0.3) is 0 Å². The third-order valence-corrected chi connectivity index (χ3v) is 5.23. The monoisotopic (exact) mass is 306 g/mol. The molecule has 2 fully saturated rings. The van der Waals surface area contributed by atoms with Crippen LogP contribution in [0.2, 0.25) is 0 Å². The Morgan fingerprint density at radius 3 is 2.45 bits per heavy atom. The van der Waals surface area contributed by atoms with Gasteiger partial charge in [0.15, 0.2) is 9.84 Å². The van der Waals surface area contributed by atoms with E-state index in [0.29, 0.717) is 32.7 Å². The van der Waals surface area contributed by atoms with Gasteiger partial charge in [-0.3, -0.25) is 4.79 Å². The maximum atomic E-state index is 12.4. The highest BCUT2D eigenvalue weighted by Gasteiger charge is 2.37. The first-order valence-electron chi connectivity index (χ1n) is 6.44. The summed E-state index contributed by atoms with van der Waals surface area (Å²) in [4.78, 5) is 26.0. The number of urea groups is 1. The van der Waals surface area contributed by atoms with Crippen LogP contribution in [0.5, 0.6) is 0 Å². The molecule has 2 rings (SSSR count). The summed E-state index contributed by atoms with van der Waals surface area (Å²) in [6, 6.07) is -0.968. The Morgan fingerprint density at radius 1 is 1.30 bits per heavy atom. The molecular formula is C11H18N2O6S. The van der Waals surface area contributed by atoms with Crippen molar-refractivity contribution >= 4 is 21.8 Å². The number of nitrogens with zero attached hydrogens (tertiary/aromatic N) is 2. The Hall–Kier alpha value is -1.35.